The molecule has 8 heteroatoms. The molecular weight excluding hydrogens is 335 g/mol. The lowest BCUT2D eigenvalue weighted by atomic mass is 10.2. The molecule has 1 heterocycles. The summed E-state index contributed by atoms with van der Waals surface area (Å²) in [5.41, 5.74) is 1.08. The second-order valence-corrected chi connectivity index (χ2v) is 5.96. The van der Waals surface area contributed by atoms with Gasteiger partial charge >= 0.3 is 12.1 Å². The number of unbranched alkanes of at least 4 members (excludes halogenated alkanes) is 1. The lowest BCUT2D eigenvalue weighted by Gasteiger charge is -2.36. The minimum Gasteiger partial charge on any atom is -0.495 e. The van der Waals surface area contributed by atoms with Crippen LogP contribution in [0.4, 0.5) is 18.9 Å². The summed E-state index contributed by atoms with van der Waals surface area (Å²) >= 11 is 0. The quantitative estimate of drug-likeness (QED) is 0.759. The molecule has 1 N–H and O–H groups in total. The van der Waals surface area contributed by atoms with Crippen molar-refractivity contribution in [2.45, 2.75) is 19.0 Å². The summed E-state index contributed by atoms with van der Waals surface area (Å²) in [5.74, 6) is -1.01. The fourth-order valence-electron chi connectivity index (χ4n) is 2.87. The summed E-state index contributed by atoms with van der Waals surface area (Å²) in [6.07, 6.45) is -3.50. The predicted octanol–water partition coefficient (Wildman–Crippen LogP) is 2.28. The number of benzene rings is 1. The monoisotopic (exact) mass is 359 g/mol. The van der Waals surface area contributed by atoms with Crippen molar-refractivity contribution >= 4 is 11.6 Å². The summed E-state index contributed by atoms with van der Waals surface area (Å²) in [5, 5.41) is 1.90. The number of para-hydroxylation sites is 2. The second kappa shape index (κ2) is 8.94. The average Bonchev–Trinajstić information content (AvgIpc) is 2.61. The molecule has 0 unspecified atom stereocenters. The number of piperazine rings is 1. The zero-order chi connectivity index (χ0) is 18.3. The van der Waals surface area contributed by atoms with E-state index in [1.807, 2.05) is 29.6 Å². The van der Waals surface area contributed by atoms with Gasteiger partial charge in [0.15, 0.2) is 0 Å². The number of nitrogens with one attached hydrogen (secondary N) is 1. The number of alkyl halides is 3. The molecule has 1 saturated heterocycles. The molecule has 1 aliphatic rings. The Morgan fingerprint density at radius 1 is 1.16 bits per heavy atom. The topological polar surface area (TPSA) is 44.8 Å². The molecule has 0 bridgehead atoms. The molecule has 1 amide bonds. The third-order valence-corrected chi connectivity index (χ3v) is 4.24. The van der Waals surface area contributed by atoms with Crippen molar-refractivity contribution in [2.75, 3.05) is 51.3 Å². The molecule has 0 aliphatic carbocycles. The van der Waals surface area contributed by atoms with Gasteiger partial charge in [-0.25, -0.2) is 0 Å². The molecule has 1 aromatic rings. The summed E-state index contributed by atoms with van der Waals surface area (Å²) in [6.45, 7) is 4.43. The molecular formula is C17H24F3N3O2. The normalized spacial score (nSPS) is 15.9. The summed E-state index contributed by atoms with van der Waals surface area (Å²) in [4.78, 5) is 15.3. The Morgan fingerprint density at radius 3 is 2.48 bits per heavy atom. The summed E-state index contributed by atoms with van der Waals surface area (Å²) in [6, 6.07) is 7.91. The maximum Gasteiger partial charge on any atom is 0.471 e. The molecule has 1 aliphatic heterocycles. The van der Waals surface area contributed by atoms with Crippen LogP contribution in [0, 0.1) is 0 Å². The van der Waals surface area contributed by atoms with Crippen LogP contribution >= 0.6 is 0 Å². The van der Waals surface area contributed by atoms with Crippen LogP contribution in [-0.4, -0.2) is 63.4 Å². The minimum atomic E-state index is -4.80. The van der Waals surface area contributed by atoms with E-state index >= 15 is 0 Å². The van der Waals surface area contributed by atoms with Crippen molar-refractivity contribution < 1.29 is 22.7 Å². The molecule has 1 fully saturated rings. The highest BCUT2D eigenvalue weighted by Crippen LogP contribution is 2.28. The zero-order valence-corrected chi connectivity index (χ0v) is 14.3. The standard InChI is InChI=1S/C17H24F3N3O2/c1-25-15-7-3-2-6-14(15)23-12-10-22(11-13-23)9-5-4-8-21-16(24)17(18,19)20/h2-3,6-7H,4-5,8-13H2,1H3,(H,21,24). The van der Waals surface area contributed by atoms with E-state index in [0.29, 0.717) is 6.42 Å². The largest absolute Gasteiger partial charge is 0.495 e. The number of rotatable bonds is 7. The van der Waals surface area contributed by atoms with Gasteiger partial charge in [-0.15, -0.1) is 0 Å². The molecule has 2 rings (SSSR count). The van der Waals surface area contributed by atoms with Crippen LogP contribution in [0.25, 0.3) is 0 Å². The number of amides is 1. The SMILES string of the molecule is COc1ccccc1N1CCN(CCCCNC(=O)C(F)(F)F)CC1. The first-order valence-corrected chi connectivity index (χ1v) is 8.37. The van der Waals surface area contributed by atoms with Crippen molar-refractivity contribution in [1.29, 1.82) is 0 Å². The number of anilines is 1. The predicted molar refractivity (Wildman–Crippen MR) is 89.9 cm³/mol. The molecule has 1 aromatic carbocycles. The maximum absolute atomic E-state index is 12.0. The van der Waals surface area contributed by atoms with Crippen LogP contribution < -0.4 is 15.0 Å². The van der Waals surface area contributed by atoms with E-state index in [9.17, 15) is 18.0 Å². The highest BCUT2D eigenvalue weighted by Gasteiger charge is 2.38. The van der Waals surface area contributed by atoms with Gasteiger partial charge in [-0.3, -0.25) is 9.69 Å². The molecule has 0 aromatic heterocycles. The van der Waals surface area contributed by atoms with Gasteiger partial charge in [0.05, 0.1) is 12.8 Å². The van der Waals surface area contributed by atoms with E-state index in [0.717, 1.165) is 50.6 Å². The van der Waals surface area contributed by atoms with Crippen LogP contribution in [0.1, 0.15) is 12.8 Å². The van der Waals surface area contributed by atoms with Crippen molar-refractivity contribution in [2.24, 2.45) is 0 Å². The van der Waals surface area contributed by atoms with Gasteiger partial charge in [-0.05, 0) is 31.5 Å². The van der Waals surface area contributed by atoms with Gasteiger partial charge in [0, 0.05) is 32.7 Å². The van der Waals surface area contributed by atoms with E-state index in [4.69, 9.17) is 4.74 Å². The van der Waals surface area contributed by atoms with Gasteiger partial charge in [-0.2, -0.15) is 13.2 Å². The number of carbonyl (C=O) groups is 1. The van der Waals surface area contributed by atoms with Crippen molar-refractivity contribution in [3.8, 4) is 5.75 Å². The number of hydrogen-bond acceptors (Lipinski definition) is 4. The van der Waals surface area contributed by atoms with E-state index < -0.39 is 12.1 Å². The molecule has 25 heavy (non-hydrogen) atoms. The Morgan fingerprint density at radius 2 is 1.84 bits per heavy atom. The Bertz CT molecular complexity index is 558. The molecule has 140 valence electrons. The molecule has 5 nitrogen and oxygen atoms in total. The minimum absolute atomic E-state index is 0.0551. The van der Waals surface area contributed by atoms with Crippen LogP contribution in [-0.2, 0) is 4.79 Å². The van der Waals surface area contributed by atoms with Crippen LogP contribution in [0.3, 0.4) is 0 Å². The van der Waals surface area contributed by atoms with Crippen LogP contribution in [0.15, 0.2) is 24.3 Å². The first kappa shape index (κ1) is 19.4. The summed E-state index contributed by atoms with van der Waals surface area (Å²) < 4.78 is 41.5. The van der Waals surface area contributed by atoms with Crippen LogP contribution in [0.2, 0.25) is 0 Å². The Hall–Kier alpha value is -1.96. The number of ether oxygens (including phenoxy) is 1. The third-order valence-electron chi connectivity index (χ3n) is 4.24. The van der Waals surface area contributed by atoms with Crippen LogP contribution in [0.5, 0.6) is 5.75 Å². The lowest BCUT2D eigenvalue weighted by Crippen LogP contribution is -2.46. The average molecular weight is 359 g/mol. The highest BCUT2D eigenvalue weighted by molar-refractivity contribution is 5.81. The smallest absolute Gasteiger partial charge is 0.471 e. The van der Waals surface area contributed by atoms with E-state index in [-0.39, 0.29) is 6.54 Å². The fourth-order valence-corrected chi connectivity index (χ4v) is 2.87. The van der Waals surface area contributed by atoms with Crippen molar-refractivity contribution in [3.05, 3.63) is 24.3 Å². The van der Waals surface area contributed by atoms with Gasteiger partial charge in [0.1, 0.15) is 5.75 Å². The Balaban J connectivity index is 1.65. The van der Waals surface area contributed by atoms with Crippen molar-refractivity contribution in [1.82, 2.24) is 10.2 Å². The fraction of sp³-hybridized carbons (Fsp3) is 0.588. The van der Waals surface area contributed by atoms with Gasteiger partial charge in [0.25, 0.3) is 0 Å². The van der Waals surface area contributed by atoms with Gasteiger partial charge in [0.2, 0.25) is 0 Å². The maximum atomic E-state index is 12.0. The molecule has 0 spiro atoms. The number of hydrogen-bond donors (Lipinski definition) is 1. The van der Waals surface area contributed by atoms with E-state index in [1.165, 1.54) is 0 Å². The third kappa shape index (κ3) is 5.81. The highest BCUT2D eigenvalue weighted by atomic mass is 19.4. The summed E-state index contributed by atoms with van der Waals surface area (Å²) in [7, 11) is 1.66. The lowest BCUT2D eigenvalue weighted by molar-refractivity contribution is -0.173. The van der Waals surface area contributed by atoms with E-state index in [2.05, 4.69) is 9.80 Å². The van der Waals surface area contributed by atoms with E-state index in [1.54, 1.807) is 7.11 Å². The van der Waals surface area contributed by atoms with Gasteiger partial charge in [-0.1, -0.05) is 12.1 Å². The van der Waals surface area contributed by atoms with Crippen molar-refractivity contribution in [3.63, 3.8) is 0 Å². The zero-order valence-electron chi connectivity index (χ0n) is 14.3. The Kier molecular flexibility index (Phi) is 6.92. The second-order valence-electron chi connectivity index (χ2n) is 5.96. The first-order valence-electron chi connectivity index (χ1n) is 8.37. The number of methoxy groups -OCH3 is 1. The molecule has 0 atom stereocenters. The molecule has 0 saturated carbocycles. The Labute approximate surface area is 145 Å². The van der Waals surface area contributed by atoms with Gasteiger partial charge < -0.3 is 15.0 Å². The number of nitrogens with zero attached hydrogens (tertiary/aromatic N) is 2. The number of halogens is 3. The molecule has 0 radical (unpaired) electrons. The first-order chi connectivity index (χ1) is 11.9. The number of carbonyl (C=O) groups excluding carboxylic acids is 1.